The summed E-state index contributed by atoms with van der Waals surface area (Å²) in [5, 5.41) is 15.5. The van der Waals surface area contributed by atoms with Crippen LogP contribution in [0.25, 0.3) is 5.69 Å². The van der Waals surface area contributed by atoms with E-state index in [1.807, 2.05) is 51.1 Å². The van der Waals surface area contributed by atoms with E-state index in [0.717, 1.165) is 22.6 Å². The summed E-state index contributed by atoms with van der Waals surface area (Å²) >= 11 is 1.30. The number of aryl methyl sites for hydroxylation is 2. The van der Waals surface area contributed by atoms with E-state index in [2.05, 4.69) is 26.9 Å². The quantitative estimate of drug-likeness (QED) is 0.624. The number of thioether (sulfide) groups is 1. The van der Waals surface area contributed by atoms with E-state index in [-0.39, 0.29) is 24.5 Å². The van der Waals surface area contributed by atoms with Crippen molar-refractivity contribution in [2.75, 3.05) is 12.5 Å². The molecule has 150 valence electrons. The van der Waals surface area contributed by atoms with Crippen molar-refractivity contribution in [3.8, 4) is 17.2 Å². The molecule has 9 heteroatoms. The molecule has 0 spiro atoms. The summed E-state index contributed by atoms with van der Waals surface area (Å²) < 4.78 is 12.4. The molecule has 0 saturated carbocycles. The molecule has 3 aromatic rings. The van der Waals surface area contributed by atoms with Crippen molar-refractivity contribution >= 4 is 17.7 Å². The largest absolute Gasteiger partial charge is 0.454 e. The van der Waals surface area contributed by atoms with Gasteiger partial charge in [-0.05, 0) is 60.5 Å². The average molecular weight is 411 g/mol. The second kappa shape index (κ2) is 8.12. The topological polar surface area (TPSA) is 91.2 Å². The van der Waals surface area contributed by atoms with Crippen LogP contribution in [0.2, 0.25) is 0 Å². The molecule has 1 unspecified atom stereocenters. The number of hydrogen-bond acceptors (Lipinski definition) is 7. The Hall–Kier alpha value is -3.07. The fraction of sp³-hybridized carbons (Fsp3) is 0.300. The maximum Gasteiger partial charge on any atom is 0.231 e. The minimum atomic E-state index is -0.159. The third kappa shape index (κ3) is 4.19. The molecule has 1 N–H and O–H groups in total. The number of amides is 1. The molecule has 0 radical (unpaired) electrons. The fourth-order valence-electron chi connectivity index (χ4n) is 3.14. The number of nitrogens with one attached hydrogen (secondary N) is 1. The van der Waals surface area contributed by atoms with Crippen LogP contribution in [0.15, 0.2) is 41.6 Å². The van der Waals surface area contributed by atoms with Crippen LogP contribution in [-0.4, -0.2) is 38.7 Å². The number of nitrogens with zero attached hydrogens (tertiary/aromatic N) is 4. The molecule has 0 aliphatic carbocycles. The molecular weight excluding hydrogens is 390 g/mol. The lowest BCUT2D eigenvalue weighted by Gasteiger charge is -2.14. The van der Waals surface area contributed by atoms with Gasteiger partial charge < -0.3 is 14.8 Å². The Morgan fingerprint density at radius 1 is 1.21 bits per heavy atom. The number of ether oxygens (including phenoxy) is 2. The van der Waals surface area contributed by atoms with Crippen molar-refractivity contribution in [1.29, 1.82) is 0 Å². The maximum absolute atomic E-state index is 12.4. The van der Waals surface area contributed by atoms with Gasteiger partial charge >= 0.3 is 0 Å². The molecule has 1 aromatic heterocycles. The molecule has 0 fully saturated rings. The molecule has 1 atom stereocenters. The summed E-state index contributed by atoms with van der Waals surface area (Å²) in [6.45, 7) is 6.21. The van der Waals surface area contributed by atoms with Crippen LogP contribution in [0.3, 0.4) is 0 Å². The Bertz CT molecular complexity index is 1050. The number of carbonyl (C=O) groups excluding carboxylic acids is 1. The molecule has 1 amide bonds. The average Bonchev–Trinajstić information content (AvgIpc) is 3.35. The molecule has 8 nitrogen and oxygen atoms in total. The lowest BCUT2D eigenvalue weighted by Crippen LogP contribution is -2.28. The standard InChI is InChI=1S/C20H21N5O3S/c1-12-4-6-16(13(2)8-12)25-20(22-23-24-25)29-10-19(26)21-14(3)15-5-7-17-18(9-15)28-11-27-17/h4-9,14H,10-11H2,1-3H3,(H,21,26). The summed E-state index contributed by atoms with van der Waals surface area (Å²) in [5.74, 6) is 1.53. The first-order valence-corrected chi connectivity index (χ1v) is 10.2. The summed E-state index contributed by atoms with van der Waals surface area (Å²) in [6.07, 6.45) is 0. The first-order valence-electron chi connectivity index (χ1n) is 9.19. The highest BCUT2D eigenvalue weighted by Gasteiger charge is 2.18. The number of aromatic nitrogens is 4. The summed E-state index contributed by atoms with van der Waals surface area (Å²) in [5.41, 5.74) is 4.09. The van der Waals surface area contributed by atoms with Crippen LogP contribution in [0.1, 0.15) is 29.7 Å². The van der Waals surface area contributed by atoms with Crippen molar-refractivity contribution in [3.63, 3.8) is 0 Å². The van der Waals surface area contributed by atoms with Crippen molar-refractivity contribution in [2.45, 2.75) is 32.0 Å². The number of benzene rings is 2. The number of hydrogen-bond donors (Lipinski definition) is 1. The molecule has 0 bridgehead atoms. The number of carbonyl (C=O) groups is 1. The predicted molar refractivity (Wildman–Crippen MR) is 108 cm³/mol. The van der Waals surface area contributed by atoms with Crippen molar-refractivity contribution in [1.82, 2.24) is 25.5 Å². The first-order chi connectivity index (χ1) is 14.0. The van der Waals surface area contributed by atoms with Gasteiger partial charge in [0.25, 0.3) is 0 Å². The van der Waals surface area contributed by atoms with Crippen LogP contribution in [0, 0.1) is 13.8 Å². The van der Waals surface area contributed by atoms with Crippen LogP contribution in [0.5, 0.6) is 11.5 Å². The molecule has 0 saturated heterocycles. The fourth-order valence-corrected chi connectivity index (χ4v) is 3.84. The van der Waals surface area contributed by atoms with Gasteiger partial charge in [0.15, 0.2) is 11.5 Å². The second-order valence-corrected chi connectivity index (χ2v) is 7.80. The smallest absolute Gasteiger partial charge is 0.231 e. The van der Waals surface area contributed by atoms with E-state index in [1.54, 1.807) is 4.68 Å². The highest BCUT2D eigenvalue weighted by atomic mass is 32.2. The lowest BCUT2D eigenvalue weighted by atomic mass is 10.1. The van der Waals surface area contributed by atoms with E-state index in [4.69, 9.17) is 9.47 Å². The summed E-state index contributed by atoms with van der Waals surface area (Å²) in [7, 11) is 0. The summed E-state index contributed by atoms with van der Waals surface area (Å²) in [4.78, 5) is 12.4. The van der Waals surface area contributed by atoms with Gasteiger partial charge in [0.05, 0.1) is 17.5 Å². The van der Waals surface area contributed by atoms with E-state index < -0.39 is 0 Å². The minimum Gasteiger partial charge on any atom is -0.454 e. The number of tetrazole rings is 1. The third-order valence-corrected chi connectivity index (χ3v) is 5.55. The van der Waals surface area contributed by atoms with Crippen LogP contribution < -0.4 is 14.8 Å². The van der Waals surface area contributed by atoms with Crippen molar-refractivity contribution in [3.05, 3.63) is 53.1 Å². The van der Waals surface area contributed by atoms with Gasteiger partial charge in [0, 0.05) is 0 Å². The molecule has 1 aliphatic heterocycles. The first kappa shape index (κ1) is 19.3. The lowest BCUT2D eigenvalue weighted by molar-refractivity contribution is -0.119. The molecular formula is C20H21N5O3S. The maximum atomic E-state index is 12.4. The Morgan fingerprint density at radius 2 is 2.03 bits per heavy atom. The SMILES string of the molecule is Cc1ccc(-n2nnnc2SCC(=O)NC(C)c2ccc3c(c2)OCO3)c(C)c1. The molecule has 2 heterocycles. The zero-order valence-corrected chi connectivity index (χ0v) is 17.2. The zero-order valence-electron chi connectivity index (χ0n) is 16.4. The van der Waals surface area contributed by atoms with Gasteiger partial charge in [-0.15, -0.1) is 5.10 Å². The molecule has 4 rings (SSSR count). The van der Waals surface area contributed by atoms with Gasteiger partial charge in [-0.2, -0.15) is 4.68 Å². The molecule has 1 aliphatic rings. The van der Waals surface area contributed by atoms with Crippen molar-refractivity contribution < 1.29 is 14.3 Å². The van der Waals surface area contributed by atoms with Gasteiger partial charge in [-0.25, -0.2) is 0 Å². The Morgan fingerprint density at radius 3 is 2.86 bits per heavy atom. The van der Waals surface area contributed by atoms with E-state index >= 15 is 0 Å². The van der Waals surface area contributed by atoms with Crippen molar-refractivity contribution in [2.24, 2.45) is 0 Å². The molecule has 29 heavy (non-hydrogen) atoms. The number of fused-ring (bicyclic) bond motifs is 1. The normalized spacial score (nSPS) is 13.3. The Balaban J connectivity index is 1.38. The third-order valence-electron chi connectivity index (χ3n) is 4.63. The number of rotatable bonds is 6. The summed E-state index contributed by atoms with van der Waals surface area (Å²) in [6, 6.07) is 11.6. The van der Waals surface area contributed by atoms with E-state index in [0.29, 0.717) is 10.9 Å². The predicted octanol–water partition coefficient (Wildman–Crippen LogP) is 2.98. The van der Waals surface area contributed by atoms with E-state index in [1.165, 1.54) is 17.3 Å². The monoisotopic (exact) mass is 411 g/mol. The minimum absolute atomic E-state index is 0.102. The van der Waals surface area contributed by atoms with Gasteiger partial charge in [-0.1, -0.05) is 35.5 Å². The van der Waals surface area contributed by atoms with Crippen LogP contribution >= 0.6 is 11.8 Å². The van der Waals surface area contributed by atoms with Crippen LogP contribution in [0.4, 0.5) is 0 Å². The van der Waals surface area contributed by atoms with Gasteiger partial charge in [-0.3, -0.25) is 4.79 Å². The van der Waals surface area contributed by atoms with Gasteiger partial charge in [0.2, 0.25) is 17.9 Å². The Labute approximate surface area is 172 Å². The van der Waals surface area contributed by atoms with Crippen LogP contribution in [-0.2, 0) is 4.79 Å². The highest BCUT2D eigenvalue weighted by molar-refractivity contribution is 7.99. The van der Waals surface area contributed by atoms with E-state index in [9.17, 15) is 4.79 Å². The highest BCUT2D eigenvalue weighted by Crippen LogP contribution is 2.34. The molecule has 2 aromatic carbocycles. The zero-order chi connectivity index (χ0) is 20.4. The second-order valence-electron chi connectivity index (χ2n) is 6.85. The Kier molecular flexibility index (Phi) is 5.39. The van der Waals surface area contributed by atoms with Gasteiger partial charge in [0.1, 0.15) is 0 Å².